The van der Waals surface area contributed by atoms with Gasteiger partial charge in [0.25, 0.3) is 0 Å². The molecule has 1 aliphatic heterocycles. The van der Waals surface area contributed by atoms with Gasteiger partial charge in [-0.1, -0.05) is 6.07 Å². The first-order valence-electron chi connectivity index (χ1n) is 11.1. The van der Waals surface area contributed by atoms with Crippen molar-refractivity contribution in [3.8, 4) is 22.8 Å². The quantitative estimate of drug-likeness (QED) is 0.447. The zero-order valence-electron chi connectivity index (χ0n) is 18.6. The van der Waals surface area contributed by atoms with E-state index in [2.05, 4.69) is 30.7 Å². The first-order chi connectivity index (χ1) is 15.5. The Labute approximate surface area is 186 Å². The molecule has 0 N–H and O–H groups in total. The second-order valence-corrected chi connectivity index (χ2v) is 8.69. The monoisotopic (exact) mass is 429 g/mol. The second-order valence-electron chi connectivity index (χ2n) is 8.69. The van der Waals surface area contributed by atoms with Crippen LogP contribution in [0.4, 0.5) is 5.82 Å². The van der Waals surface area contributed by atoms with Crippen molar-refractivity contribution in [2.24, 2.45) is 5.92 Å². The highest BCUT2D eigenvalue weighted by Crippen LogP contribution is 2.34. The van der Waals surface area contributed by atoms with Gasteiger partial charge >= 0.3 is 0 Å². The Morgan fingerprint density at radius 2 is 2.03 bits per heavy atom. The number of aldehydes is 1. The van der Waals surface area contributed by atoms with Crippen LogP contribution in [0, 0.1) is 12.8 Å². The van der Waals surface area contributed by atoms with Gasteiger partial charge in [0.1, 0.15) is 17.5 Å². The van der Waals surface area contributed by atoms with E-state index in [1.807, 2.05) is 45.9 Å². The average Bonchev–Trinajstić information content (AvgIpc) is 3.44. The van der Waals surface area contributed by atoms with Gasteiger partial charge in [-0.3, -0.25) is 9.67 Å². The Morgan fingerprint density at radius 1 is 1.16 bits per heavy atom. The van der Waals surface area contributed by atoms with Gasteiger partial charge in [0.15, 0.2) is 5.82 Å². The maximum atomic E-state index is 11.5. The predicted molar refractivity (Wildman–Crippen MR) is 124 cm³/mol. The smallest absolute Gasteiger partial charge is 0.200 e. The fraction of sp³-hybridized carbons (Fsp3) is 0.375. The number of piperidine rings is 1. The van der Waals surface area contributed by atoms with E-state index in [4.69, 9.17) is 15.2 Å². The molecule has 1 atom stereocenters. The molecule has 0 bridgehead atoms. The van der Waals surface area contributed by atoms with E-state index in [9.17, 15) is 4.79 Å². The molecule has 0 aliphatic carbocycles. The molecule has 4 aromatic heterocycles. The predicted octanol–water partition coefficient (Wildman–Crippen LogP) is 3.96. The van der Waals surface area contributed by atoms with Crippen molar-refractivity contribution in [2.75, 3.05) is 18.0 Å². The highest BCUT2D eigenvalue weighted by Gasteiger charge is 2.26. The number of hydrogen-bond donors (Lipinski definition) is 0. The van der Waals surface area contributed by atoms with Crippen molar-refractivity contribution in [3.05, 3.63) is 48.4 Å². The van der Waals surface area contributed by atoms with Gasteiger partial charge in [-0.05, 0) is 57.4 Å². The highest BCUT2D eigenvalue weighted by molar-refractivity contribution is 5.83. The van der Waals surface area contributed by atoms with Gasteiger partial charge in [0.2, 0.25) is 5.82 Å². The zero-order valence-corrected chi connectivity index (χ0v) is 18.6. The summed E-state index contributed by atoms with van der Waals surface area (Å²) >= 11 is 0. The summed E-state index contributed by atoms with van der Waals surface area (Å²) in [5.41, 5.74) is 4.69. The van der Waals surface area contributed by atoms with Crippen LogP contribution in [0.1, 0.15) is 38.3 Å². The molecule has 0 amide bonds. The van der Waals surface area contributed by atoms with E-state index in [0.717, 1.165) is 59.5 Å². The van der Waals surface area contributed by atoms with Gasteiger partial charge < -0.3 is 9.69 Å². The zero-order chi connectivity index (χ0) is 22.2. The fourth-order valence-electron chi connectivity index (χ4n) is 4.37. The molecular weight excluding hydrogens is 402 g/mol. The number of pyridine rings is 1. The molecule has 4 aromatic rings. The molecule has 1 aliphatic rings. The number of nitrogens with zero attached hydrogens (tertiary/aromatic N) is 7. The van der Waals surface area contributed by atoms with Crippen LogP contribution >= 0.6 is 0 Å². The Morgan fingerprint density at radius 3 is 2.75 bits per heavy atom. The Bertz CT molecular complexity index is 1260. The van der Waals surface area contributed by atoms with E-state index in [-0.39, 0.29) is 5.92 Å². The van der Waals surface area contributed by atoms with Crippen LogP contribution in [-0.2, 0) is 4.79 Å². The summed E-state index contributed by atoms with van der Waals surface area (Å²) in [5, 5.41) is 9.57. The van der Waals surface area contributed by atoms with E-state index in [1.54, 1.807) is 6.20 Å². The van der Waals surface area contributed by atoms with Gasteiger partial charge in [-0.2, -0.15) is 5.10 Å². The lowest BCUT2D eigenvalue weighted by atomic mass is 9.99. The molecule has 0 spiro atoms. The molecule has 5 rings (SSSR count). The first kappa shape index (κ1) is 20.4. The first-order valence-corrected chi connectivity index (χ1v) is 11.1. The van der Waals surface area contributed by atoms with Crippen LogP contribution in [0.3, 0.4) is 0 Å². The number of anilines is 1. The fourth-order valence-corrected chi connectivity index (χ4v) is 4.37. The third kappa shape index (κ3) is 3.55. The minimum Gasteiger partial charge on any atom is -0.354 e. The Kier molecular flexibility index (Phi) is 5.20. The van der Waals surface area contributed by atoms with Gasteiger partial charge in [-0.25, -0.2) is 9.50 Å². The van der Waals surface area contributed by atoms with Gasteiger partial charge in [0, 0.05) is 49.2 Å². The molecule has 8 heteroatoms. The minimum absolute atomic E-state index is 0.0218. The maximum Gasteiger partial charge on any atom is 0.200 e. The molecule has 1 fully saturated rings. The molecule has 8 nitrogen and oxygen atoms in total. The SMILES string of the molecule is Cc1c(-c2ccn(C(C)C)n2)cn2nc(-c3ccccn3)nc(N3CCCC(C=O)C3)c12. The maximum absolute atomic E-state index is 11.5. The lowest BCUT2D eigenvalue weighted by Gasteiger charge is -2.31. The number of aromatic nitrogens is 6. The summed E-state index contributed by atoms with van der Waals surface area (Å²) < 4.78 is 3.86. The van der Waals surface area contributed by atoms with Crippen LogP contribution in [0.25, 0.3) is 28.3 Å². The van der Waals surface area contributed by atoms with Crippen LogP contribution < -0.4 is 4.90 Å². The second kappa shape index (κ2) is 8.18. The third-order valence-electron chi connectivity index (χ3n) is 6.12. The van der Waals surface area contributed by atoms with Crippen LogP contribution in [0.2, 0.25) is 0 Å². The van der Waals surface area contributed by atoms with Crippen molar-refractivity contribution in [1.29, 1.82) is 0 Å². The number of carbonyl (C=O) groups excluding carboxylic acids is 1. The summed E-state index contributed by atoms with van der Waals surface area (Å²) in [5.74, 6) is 1.43. The van der Waals surface area contributed by atoms with Gasteiger partial charge in [0.05, 0.1) is 5.69 Å². The molecule has 1 saturated heterocycles. The van der Waals surface area contributed by atoms with Crippen molar-refractivity contribution in [2.45, 2.75) is 39.7 Å². The lowest BCUT2D eigenvalue weighted by Crippen LogP contribution is -2.37. The number of hydrogen-bond acceptors (Lipinski definition) is 6. The van der Waals surface area contributed by atoms with Crippen LogP contribution in [-0.4, -0.2) is 48.7 Å². The highest BCUT2D eigenvalue weighted by atomic mass is 16.1. The lowest BCUT2D eigenvalue weighted by molar-refractivity contribution is -0.111. The molecule has 164 valence electrons. The number of fused-ring (bicyclic) bond motifs is 1. The van der Waals surface area contributed by atoms with Crippen LogP contribution in [0.15, 0.2) is 42.9 Å². The molecule has 1 unspecified atom stereocenters. The standard InChI is InChI=1S/C24H27N7O/c1-16(2)30-12-9-20(27-30)19-14-31-22(17(19)3)24(29-11-6-7-18(13-29)15-32)26-23(28-31)21-8-4-5-10-25-21/h4-5,8-10,12,14-16,18H,6-7,11,13H2,1-3H3. The van der Waals surface area contributed by atoms with E-state index < -0.39 is 0 Å². The Hall–Kier alpha value is -3.55. The normalized spacial score (nSPS) is 16.8. The number of aryl methyl sites for hydroxylation is 1. The average molecular weight is 430 g/mol. The molecule has 0 radical (unpaired) electrons. The molecule has 32 heavy (non-hydrogen) atoms. The summed E-state index contributed by atoms with van der Waals surface area (Å²) in [6, 6.07) is 8.06. The van der Waals surface area contributed by atoms with Crippen molar-refractivity contribution < 1.29 is 4.79 Å². The van der Waals surface area contributed by atoms with E-state index in [1.165, 1.54) is 0 Å². The Balaban J connectivity index is 1.69. The topological polar surface area (TPSA) is 81.2 Å². The van der Waals surface area contributed by atoms with Crippen molar-refractivity contribution >= 4 is 17.6 Å². The van der Waals surface area contributed by atoms with E-state index in [0.29, 0.717) is 18.4 Å². The van der Waals surface area contributed by atoms with Crippen molar-refractivity contribution in [1.82, 2.24) is 29.4 Å². The number of rotatable bonds is 5. The van der Waals surface area contributed by atoms with E-state index >= 15 is 0 Å². The number of carbonyl (C=O) groups is 1. The van der Waals surface area contributed by atoms with Crippen LogP contribution in [0.5, 0.6) is 0 Å². The molecule has 0 saturated carbocycles. The largest absolute Gasteiger partial charge is 0.354 e. The van der Waals surface area contributed by atoms with Crippen molar-refractivity contribution in [3.63, 3.8) is 0 Å². The molecule has 5 heterocycles. The summed E-state index contributed by atoms with van der Waals surface area (Å²) in [4.78, 5) is 23.1. The minimum atomic E-state index is 0.0218. The molecule has 0 aromatic carbocycles. The summed E-state index contributed by atoms with van der Waals surface area (Å²) in [7, 11) is 0. The van der Waals surface area contributed by atoms with Gasteiger partial charge in [-0.15, -0.1) is 5.10 Å². The molecular formula is C24H27N7O. The summed E-state index contributed by atoms with van der Waals surface area (Å²) in [6.07, 6.45) is 8.73. The third-order valence-corrected chi connectivity index (χ3v) is 6.12. The summed E-state index contributed by atoms with van der Waals surface area (Å²) in [6.45, 7) is 7.85.